The van der Waals surface area contributed by atoms with Crippen molar-refractivity contribution in [3.8, 4) is 11.4 Å². The number of halogens is 1. The molecule has 0 fully saturated rings. The lowest BCUT2D eigenvalue weighted by atomic mass is 10.2. The Morgan fingerprint density at radius 1 is 1.06 bits per heavy atom. The van der Waals surface area contributed by atoms with Crippen molar-refractivity contribution in [2.75, 3.05) is 5.73 Å². The fourth-order valence-electron chi connectivity index (χ4n) is 1.88. The molecule has 0 aliphatic carbocycles. The molecule has 2 N–H and O–H groups in total. The van der Waals surface area contributed by atoms with Crippen molar-refractivity contribution in [2.45, 2.75) is 0 Å². The van der Waals surface area contributed by atoms with Crippen molar-refractivity contribution in [3.63, 3.8) is 0 Å². The normalized spacial score (nSPS) is 10.9. The van der Waals surface area contributed by atoms with E-state index in [0.717, 1.165) is 16.9 Å². The molecule has 0 bridgehead atoms. The molecular weight excluding hydrogens is 217 g/mol. The molecule has 17 heavy (non-hydrogen) atoms. The van der Waals surface area contributed by atoms with Crippen molar-refractivity contribution < 1.29 is 4.39 Å². The van der Waals surface area contributed by atoms with Crippen LogP contribution in [0.25, 0.3) is 16.9 Å². The second kappa shape index (κ2) is 3.59. The van der Waals surface area contributed by atoms with Gasteiger partial charge in [-0.25, -0.2) is 9.37 Å². The predicted octanol–water partition coefficient (Wildman–Crippen LogP) is 2.72. The maximum atomic E-state index is 12.9. The Hall–Kier alpha value is -2.36. The molecule has 3 rings (SSSR count). The number of nitrogens with two attached hydrogens (primary N) is 1. The monoisotopic (exact) mass is 227 g/mol. The molecule has 3 nitrogen and oxygen atoms in total. The minimum Gasteiger partial charge on any atom is -0.385 e. The molecule has 0 amide bonds. The van der Waals surface area contributed by atoms with Crippen LogP contribution in [0.15, 0.2) is 48.7 Å². The summed E-state index contributed by atoms with van der Waals surface area (Å²) in [7, 11) is 0. The Morgan fingerprint density at radius 2 is 1.82 bits per heavy atom. The molecule has 0 spiro atoms. The summed E-state index contributed by atoms with van der Waals surface area (Å²) < 4.78 is 14.7. The molecule has 4 heteroatoms. The lowest BCUT2D eigenvalue weighted by Gasteiger charge is -2.04. The van der Waals surface area contributed by atoms with Crippen LogP contribution in [-0.2, 0) is 0 Å². The lowest BCUT2D eigenvalue weighted by Crippen LogP contribution is -1.97. The van der Waals surface area contributed by atoms with Gasteiger partial charge in [-0.05, 0) is 36.4 Å². The van der Waals surface area contributed by atoms with Crippen molar-refractivity contribution in [3.05, 3.63) is 54.5 Å². The van der Waals surface area contributed by atoms with Gasteiger partial charge in [0.1, 0.15) is 17.5 Å². The van der Waals surface area contributed by atoms with Crippen molar-refractivity contribution in [1.82, 2.24) is 9.38 Å². The Labute approximate surface area is 97.3 Å². The third-order valence-electron chi connectivity index (χ3n) is 2.68. The molecule has 0 saturated heterocycles. The number of imidazole rings is 1. The van der Waals surface area contributed by atoms with Crippen molar-refractivity contribution in [2.24, 2.45) is 0 Å². The zero-order chi connectivity index (χ0) is 11.8. The summed E-state index contributed by atoms with van der Waals surface area (Å²) in [6.07, 6.45) is 1.75. The van der Waals surface area contributed by atoms with Gasteiger partial charge in [-0.1, -0.05) is 6.07 Å². The topological polar surface area (TPSA) is 43.3 Å². The van der Waals surface area contributed by atoms with Crippen LogP contribution in [0, 0.1) is 5.82 Å². The van der Waals surface area contributed by atoms with Crippen molar-refractivity contribution in [1.29, 1.82) is 0 Å². The second-order valence-corrected chi connectivity index (χ2v) is 3.80. The third-order valence-corrected chi connectivity index (χ3v) is 2.68. The molecule has 0 radical (unpaired) electrons. The average molecular weight is 227 g/mol. The molecule has 3 aromatic rings. The highest BCUT2D eigenvalue weighted by Gasteiger charge is 2.07. The Bertz CT molecular complexity index is 671. The van der Waals surface area contributed by atoms with Crippen LogP contribution in [0.5, 0.6) is 0 Å². The zero-order valence-corrected chi connectivity index (χ0v) is 8.97. The van der Waals surface area contributed by atoms with Gasteiger partial charge in [-0.3, -0.25) is 4.40 Å². The van der Waals surface area contributed by atoms with Crippen LogP contribution >= 0.6 is 0 Å². The highest BCUT2D eigenvalue weighted by molar-refractivity contribution is 5.65. The van der Waals surface area contributed by atoms with Gasteiger partial charge >= 0.3 is 0 Å². The number of fused-ring (bicyclic) bond motifs is 1. The average Bonchev–Trinajstić information content (AvgIpc) is 2.75. The van der Waals surface area contributed by atoms with Crippen LogP contribution in [0.3, 0.4) is 0 Å². The maximum Gasteiger partial charge on any atom is 0.146 e. The molecule has 84 valence electrons. The van der Waals surface area contributed by atoms with Gasteiger partial charge in [0, 0.05) is 5.56 Å². The third kappa shape index (κ3) is 1.54. The zero-order valence-electron chi connectivity index (χ0n) is 8.97. The van der Waals surface area contributed by atoms with E-state index < -0.39 is 0 Å². The smallest absolute Gasteiger partial charge is 0.146 e. The van der Waals surface area contributed by atoms with Crippen LogP contribution in [-0.4, -0.2) is 9.38 Å². The molecular formula is C13H10FN3. The highest BCUT2D eigenvalue weighted by Crippen LogP contribution is 2.22. The molecule has 0 aliphatic rings. The molecule has 0 unspecified atom stereocenters. The van der Waals surface area contributed by atoms with Gasteiger partial charge in [0.2, 0.25) is 0 Å². The molecule has 2 heterocycles. The van der Waals surface area contributed by atoms with E-state index in [1.807, 2.05) is 22.6 Å². The predicted molar refractivity (Wildman–Crippen MR) is 65.0 cm³/mol. The number of aromatic nitrogens is 2. The van der Waals surface area contributed by atoms with E-state index in [4.69, 9.17) is 5.73 Å². The number of pyridine rings is 1. The molecule has 2 aromatic heterocycles. The van der Waals surface area contributed by atoms with E-state index in [1.54, 1.807) is 18.3 Å². The molecule has 0 saturated carbocycles. The van der Waals surface area contributed by atoms with Gasteiger partial charge in [0.05, 0.1) is 11.7 Å². The first-order valence-corrected chi connectivity index (χ1v) is 5.23. The van der Waals surface area contributed by atoms with E-state index in [1.165, 1.54) is 12.1 Å². The second-order valence-electron chi connectivity index (χ2n) is 3.80. The van der Waals surface area contributed by atoms with E-state index in [2.05, 4.69) is 4.98 Å². The number of anilines is 1. The van der Waals surface area contributed by atoms with E-state index in [0.29, 0.717) is 5.82 Å². The molecule has 1 aromatic carbocycles. The Kier molecular flexibility index (Phi) is 2.08. The fraction of sp³-hybridized carbons (Fsp3) is 0. The SMILES string of the molecule is Nc1cccc2cnc(-c3ccc(F)cc3)n12. The van der Waals surface area contributed by atoms with Crippen LogP contribution in [0.1, 0.15) is 0 Å². The Balaban J connectivity index is 2.27. The van der Waals surface area contributed by atoms with E-state index in [-0.39, 0.29) is 5.82 Å². The first kappa shape index (κ1) is 9.84. The number of nitrogen functional groups attached to an aromatic ring is 1. The quantitative estimate of drug-likeness (QED) is 0.694. The number of nitrogens with zero attached hydrogens (tertiary/aromatic N) is 2. The van der Waals surface area contributed by atoms with Gasteiger partial charge in [0.25, 0.3) is 0 Å². The van der Waals surface area contributed by atoms with E-state index >= 15 is 0 Å². The van der Waals surface area contributed by atoms with Gasteiger partial charge in [-0.15, -0.1) is 0 Å². The standard InChI is InChI=1S/C13H10FN3/c14-10-6-4-9(5-7-10)13-16-8-11-2-1-3-12(15)17(11)13/h1-8H,15H2. The van der Waals surface area contributed by atoms with Crippen LogP contribution in [0.4, 0.5) is 10.2 Å². The number of benzene rings is 1. The minimum absolute atomic E-state index is 0.261. The van der Waals surface area contributed by atoms with Crippen LogP contribution in [0.2, 0.25) is 0 Å². The summed E-state index contributed by atoms with van der Waals surface area (Å²) in [6.45, 7) is 0. The summed E-state index contributed by atoms with van der Waals surface area (Å²) in [4.78, 5) is 4.32. The molecule has 0 aliphatic heterocycles. The summed E-state index contributed by atoms with van der Waals surface area (Å²) in [5, 5.41) is 0. The lowest BCUT2D eigenvalue weighted by molar-refractivity contribution is 0.628. The number of rotatable bonds is 1. The summed E-state index contributed by atoms with van der Waals surface area (Å²) >= 11 is 0. The van der Waals surface area contributed by atoms with Gasteiger partial charge in [-0.2, -0.15) is 0 Å². The fourth-order valence-corrected chi connectivity index (χ4v) is 1.88. The summed E-state index contributed by atoms with van der Waals surface area (Å²) in [5.41, 5.74) is 7.68. The minimum atomic E-state index is -0.261. The summed E-state index contributed by atoms with van der Waals surface area (Å²) in [6, 6.07) is 11.8. The number of hydrogen-bond donors (Lipinski definition) is 1. The van der Waals surface area contributed by atoms with Crippen molar-refractivity contribution >= 4 is 11.3 Å². The number of hydrogen-bond acceptors (Lipinski definition) is 2. The van der Waals surface area contributed by atoms with Crippen LogP contribution < -0.4 is 5.73 Å². The molecule has 0 atom stereocenters. The van der Waals surface area contributed by atoms with E-state index in [9.17, 15) is 4.39 Å². The first-order valence-electron chi connectivity index (χ1n) is 5.23. The first-order chi connectivity index (χ1) is 8.25. The highest BCUT2D eigenvalue weighted by atomic mass is 19.1. The largest absolute Gasteiger partial charge is 0.385 e. The Morgan fingerprint density at radius 3 is 2.59 bits per heavy atom. The van der Waals surface area contributed by atoms with Gasteiger partial charge in [0.15, 0.2) is 0 Å². The maximum absolute atomic E-state index is 12.9. The van der Waals surface area contributed by atoms with Gasteiger partial charge < -0.3 is 5.73 Å². The summed E-state index contributed by atoms with van der Waals surface area (Å²) in [5.74, 6) is 1.07.